The summed E-state index contributed by atoms with van der Waals surface area (Å²) in [5, 5.41) is 15.3. The van der Waals surface area contributed by atoms with Gasteiger partial charge in [-0.15, -0.1) is 11.3 Å². The van der Waals surface area contributed by atoms with Gasteiger partial charge >= 0.3 is 0 Å². The Morgan fingerprint density at radius 1 is 1.33 bits per heavy atom. The number of nitrogens with one attached hydrogen (secondary N) is 1. The molecule has 196 valence electrons. The number of hydrazine groups is 1. The van der Waals surface area contributed by atoms with Gasteiger partial charge in [-0.1, -0.05) is 30.4 Å². The number of hydroxylamine groups is 1. The standard InChI is InChI=1S/C27H23N7O3S2/c28-15-33-16-31-12-23(27(33,18-3-2-8-30-11-18)20-7-10-39-22(20)14-38)34(29)21-5-1-4-19-24(21)26(35)32-37-25(19)17-6-9-36-13-17/h1-5,7-8,10-12,14,16-17,25H,6,9,13,29H2,(H,32,35). The number of thiocarbonyl (C=S) groups is 1. The van der Waals surface area contributed by atoms with Crippen LogP contribution in [0.15, 0.2) is 71.1 Å². The number of amides is 1. The van der Waals surface area contributed by atoms with Gasteiger partial charge < -0.3 is 4.74 Å². The van der Waals surface area contributed by atoms with Crippen molar-refractivity contribution >= 4 is 46.9 Å². The second-order valence-corrected chi connectivity index (χ2v) is 10.4. The lowest BCUT2D eigenvalue weighted by Crippen LogP contribution is -2.54. The molecule has 3 atom stereocenters. The Hall–Kier alpha value is -3.99. The fourth-order valence-corrected chi connectivity index (χ4v) is 6.60. The maximum absolute atomic E-state index is 13.2. The number of hydrogen-bond donors (Lipinski definition) is 2. The SMILES string of the molecule is N#CN1C=NC=C(N(N)c2cccc3c2C(=O)NOC3C2CCOC2)C1(c1cccnc1)c1ccsc1C=S. The molecule has 1 amide bonds. The van der Waals surface area contributed by atoms with Gasteiger partial charge in [-0.05, 0) is 35.6 Å². The van der Waals surface area contributed by atoms with Crippen molar-refractivity contribution in [3.05, 3.63) is 93.2 Å². The lowest BCUT2D eigenvalue weighted by atomic mass is 9.78. The predicted octanol–water partition coefficient (Wildman–Crippen LogP) is 3.53. The fourth-order valence-electron chi connectivity index (χ4n) is 5.56. The molecule has 6 rings (SSSR count). The van der Waals surface area contributed by atoms with Gasteiger partial charge in [0.1, 0.15) is 12.4 Å². The van der Waals surface area contributed by atoms with Crippen LogP contribution in [0.25, 0.3) is 0 Å². The summed E-state index contributed by atoms with van der Waals surface area (Å²) in [7, 11) is 0. The van der Waals surface area contributed by atoms with Crippen molar-refractivity contribution in [2.75, 3.05) is 18.2 Å². The molecular weight excluding hydrogens is 534 g/mol. The van der Waals surface area contributed by atoms with E-state index in [4.69, 9.17) is 27.6 Å². The molecule has 3 N–H and O–H groups in total. The molecule has 2 aromatic heterocycles. The molecule has 1 fully saturated rings. The van der Waals surface area contributed by atoms with Crippen molar-refractivity contribution in [2.45, 2.75) is 18.1 Å². The number of aliphatic imine (C=N–C) groups is 1. The van der Waals surface area contributed by atoms with E-state index in [1.807, 2.05) is 29.6 Å². The molecule has 39 heavy (non-hydrogen) atoms. The molecule has 0 aliphatic carbocycles. The molecular formula is C27H23N7O3S2. The Balaban J connectivity index is 1.57. The number of rotatable bonds is 6. The summed E-state index contributed by atoms with van der Waals surface area (Å²) in [6.45, 7) is 1.18. The van der Waals surface area contributed by atoms with E-state index in [1.54, 1.807) is 36.1 Å². The fraction of sp³-hybridized carbons (Fsp3) is 0.222. The molecule has 1 aromatic carbocycles. The number of benzene rings is 1. The third kappa shape index (κ3) is 3.94. The quantitative estimate of drug-likeness (QED) is 0.202. The van der Waals surface area contributed by atoms with E-state index in [1.165, 1.54) is 27.6 Å². The first-order valence-electron chi connectivity index (χ1n) is 12.2. The van der Waals surface area contributed by atoms with Crippen LogP contribution >= 0.6 is 23.6 Å². The van der Waals surface area contributed by atoms with Gasteiger partial charge in [-0.2, -0.15) is 5.26 Å². The van der Waals surface area contributed by atoms with Gasteiger partial charge in [0.15, 0.2) is 11.7 Å². The van der Waals surface area contributed by atoms with E-state index in [0.29, 0.717) is 35.7 Å². The minimum absolute atomic E-state index is 0.0869. The number of carbonyl (C=O) groups is 1. The summed E-state index contributed by atoms with van der Waals surface area (Å²) in [4.78, 5) is 29.9. The Morgan fingerprint density at radius 2 is 2.23 bits per heavy atom. The summed E-state index contributed by atoms with van der Waals surface area (Å²) in [5.74, 6) is 6.61. The molecule has 0 saturated carbocycles. The van der Waals surface area contributed by atoms with E-state index in [2.05, 4.69) is 21.6 Å². The van der Waals surface area contributed by atoms with Crippen LogP contribution in [-0.2, 0) is 15.1 Å². The summed E-state index contributed by atoms with van der Waals surface area (Å²) in [6.07, 6.45) is 9.09. The zero-order chi connectivity index (χ0) is 27.0. The first-order valence-corrected chi connectivity index (χ1v) is 13.5. The number of pyridine rings is 1. The first kappa shape index (κ1) is 25.3. The van der Waals surface area contributed by atoms with E-state index in [0.717, 1.165) is 22.4 Å². The zero-order valence-corrected chi connectivity index (χ0v) is 22.2. The van der Waals surface area contributed by atoms with Crippen LogP contribution in [0.1, 0.15) is 44.5 Å². The third-order valence-corrected chi connectivity index (χ3v) is 8.54. The number of aromatic nitrogens is 1. The third-order valence-electron chi connectivity index (χ3n) is 7.29. The van der Waals surface area contributed by atoms with Crippen LogP contribution in [0.3, 0.4) is 0 Å². The minimum atomic E-state index is -1.27. The number of fused-ring (bicyclic) bond motifs is 1. The molecule has 3 aliphatic heterocycles. The second kappa shape index (κ2) is 10.3. The summed E-state index contributed by atoms with van der Waals surface area (Å²) >= 11 is 6.81. The first-order chi connectivity index (χ1) is 19.1. The monoisotopic (exact) mass is 557 g/mol. The van der Waals surface area contributed by atoms with Crippen molar-refractivity contribution in [1.82, 2.24) is 15.4 Å². The number of carbonyl (C=O) groups excluding carboxylic acids is 1. The highest BCUT2D eigenvalue weighted by Crippen LogP contribution is 2.48. The van der Waals surface area contributed by atoms with Crippen LogP contribution in [0.5, 0.6) is 0 Å². The van der Waals surface area contributed by atoms with Crippen molar-refractivity contribution < 1.29 is 14.4 Å². The summed E-state index contributed by atoms with van der Waals surface area (Å²) in [6, 6.07) is 11.1. The lowest BCUT2D eigenvalue weighted by molar-refractivity contribution is -0.0545. The topological polar surface area (TPSA) is 129 Å². The number of hydrogen-bond acceptors (Lipinski definition) is 11. The maximum atomic E-state index is 13.2. The van der Waals surface area contributed by atoms with Gasteiger partial charge in [0.2, 0.25) is 0 Å². The zero-order valence-electron chi connectivity index (χ0n) is 20.6. The highest BCUT2D eigenvalue weighted by Gasteiger charge is 2.50. The van der Waals surface area contributed by atoms with Gasteiger partial charge in [-0.3, -0.25) is 19.6 Å². The van der Waals surface area contributed by atoms with Gasteiger partial charge in [-0.25, -0.2) is 21.2 Å². The molecule has 5 heterocycles. The van der Waals surface area contributed by atoms with Crippen LogP contribution in [0.2, 0.25) is 0 Å². The Bertz CT molecular complexity index is 1530. The van der Waals surface area contributed by atoms with Crippen molar-refractivity contribution in [3.63, 3.8) is 0 Å². The molecule has 10 nitrogen and oxygen atoms in total. The largest absolute Gasteiger partial charge is 0.381 e. The van der Waals surface area contributed by atoms with Crippen LogP contribution in [0, 0.1) is 17.4 Å². The summed E-state index contributed by atoms with van der Waals surface area (Å²) in [5.41, 5.74) is 4.70. The average Bonchev–Trinajstić information content (AvgIpc) is 3.69. The minimum Gasteiger partial charge on any atom is -0.381 e. The van der Waals surface area contributed by atoms with Gasteiger partial charge in [0.05, 0.1) is 29.8 Å². The van der Waals surface area contributed by atoms with E-state index >= 15 is 0 Å². The van der Waals surface area contributed by atoms with Crippen molar-refractivity contribution in [3.8, 4) is 6.19 Å². The number of thiophene rings is 1. The number of nitrogens with zero attached hydrogens (tertiary/aromatic N) is 5. The van der Waals surface area contributed by atoms with Gasteiger partial charge in [0, 0.05) is 46.3 Å². The van der Waals surface area contributed by atoms with E-state index in [-0.39, 0.29) is 12.0 Å². The lowest BCUT2D eigenvalue weighted by Gasteiger charge is -2.45. The molecule has 0 bridgehead atoms. The molecule has 0 spiro atoms. The molecule has 3 unspecified atom stereocenters. The second-order valence-electron chi connectivity index (χ2n) is 9.22. The molecule has 3 aromatic rings. The highest BCUT2D eigenvalue weighted by atomic mass is 32.1. The van der Waals surface area contributed by atoms with Crippen LogP contribution in [0.4, 0.5) is 5.69 Å². The number of ether oxygens (including phenoxy) is 1. The molecule has 3 aliphatic rings. The number of nitriles is 1. The summed E-state index contributed by atoms with van der Waals surface area (Å²) < 4.78 is 5.58. The van der Waals surface area contributed by atoms with E-state index < -0.39 is 11.4 Å². The highest BCUT2D eigenvalue weighted by molar-refractivity contribution is 7.79. The Morgan fingerprint density at radius 3 is 2.97 bits per heavy atom. The van der Waals surface area contributed by atoms with Crippen LogP contribution in [-0.4, -0.2) is 40.7 Å². The smallest absolute Gasteiger partial charge is 0.277 e. The molecule has 1 saturated heterocycles. The molecule has 12 heteroatoms. The average molecular weight is 558 g/mol. The number of anilines is 1. The predicted molar refractivity (Wildman–Crippen MR) is 149 cm³/mol. The normalized spacial score (nSPS) is 23.9. The molecule has 0 radical (unpaired) electrons. The number of nitrogens with two attached hydrogens (primary N) is 1. The van der Waals surface area contributed by atoms with Crippen molar-refractivity contribution in [1.29, 1.82) is 5.26 Å². The van der Waals surface area contributed by atoms with Crippen molar-refractivity contribution in [2.24, 2.45) is 16.8 Å². The van der Waals surface area contributed by atoms with E-state index in [9.17, 15) is 10.1 Å². The maximum Gasteiger partial charge on any atom is 0.277 e. The Kier molecular flexibility index (Phi) is 6.68. The Labute approximate surface area is 233 Å². The van der Waals surface area contributed by atoms with Crippen LogP contribution < -0.4 is 16.3 Å². The van der Waals surface area contributed by atoms with Gasteiger partial charge in [0.25, 0.3) is 5.91 Å².